The topological polar surface area (TPSA) is 64.1 Å². The van der Waals surface area contributed by atoms with Crippen molar-refractivity contribution in [3.8, 4) is 0 Å². The molecule has 6 nitrogen and oxygen atoms in total. The molecule has 26 heavy (non-hydrogen) atoms. The normalized spacial score (nSPS) is 26.3. The van der Waals surface area contributed by atoms with Gasteiger partial charge in [-0.2, -0.15) is 0 Å². The van der Waals surface area contributed by atoms with E-state index < -0.39 is 5.97 Å². The molecule has 3 rings (SSSR count). The predicted molar refractivity (Wildman–Crippen MR) is 101 cm³/mol. The van der Waals surface area contributed by atoms with Gasteiger partial charge in [0.05, 0.1) is 5.92 Å². The molecule has 1 amide bonds. The Morgan fingerprint density at radius 3 is 2.23 bits per heavy atom. The van der Waals surface area contributed by atoms with Crippen LogP contribution in [0.2, 0.25) is 0 Å². The minimum absolute atomic E-state index is 0.206. The fraction of sp³-hybridized carbons (Fsp3) is 0.900. The molecular formula is C20H35N3O3. The number of likely N-dealkylation sites (tertiary alicyclic amines) is 3. The molecule has 3 aliphatic heterocycles. The molecule has 0 aliphatic carbocycles. The second kappa shape index (κ2) is 9.70. The molecule has 0 radical (unpaired) electrons. The highest BCUT2D eigenvalue weighted by Crippen LogP contribution is 2.22. The Morgan fingerprint density at radius 1 is 0.846 bits per heavy atom. The van der Waals surface area contributed by atoms with Crippen molar-refractivity contribution in [2.75, 3.05) is 45.8 Å². The first kappa shape index (κ1) is 19.6. The van der Waals surface area contributed by atoms with Gasteiger partial charge in [0, 0.05) is 32.1 Å². The van der Waals surface area contributed by atoms with Gasteiger partial charge in [-0.05, 0) is 71.1 Å². The Morgan fingerprint density at radius 2 is 1.54 bits per heavy atom. The molecule has 0 aromatic heterocycles. The number of carbonyl (C=O) groups excluding carboxylic acids is 1. The lowest BCUT2D eigenvalue weighted by atomic mass is 9.96. The van der Waals surface area contributed by atoms with Gasteiger partial charge < -0.3 is 14.9 Å². The van der Waals surface area contributed by atoms with Gasteiger partial charge in [-0.1, -0.05) is 6.42 Å². The molecule has 148 valence electrons. The van der Waals surface area contributed by atoms with Crippen LogP contribution in [0.3, 0.4) is 0 Å². The standard InChI is InChI=1S/C20H35N3O3/c24-19(23-14-6-17(7-15-23)20(25)26)9-16-22-12-2-1-5-18(22)8-13-21-10-3-4-11-21/h17-18H,1-16H2,(H,25,26). The summed E-state index contributed by atoms with van der Waals surface area (Å²) in [5.74, 6) is -0.778. The Hall–Kier alpha value is -1.14. The predicted octanol–water partition coefficient (Wildman–Crippen LogP) is 2.04. The van der Waals surface area contributed by atoms with Crippen molar-refractivity contribution >= 4 is 11.9 Å². The monoisotopic (exact) mass is 365 g/mol. The number of nitrogens with zero attached hydrogens (tertiary/aromatic N) is 3. The van der Waals surface area contributed by atoms with E-state index in [-0.39, 0.29) is 11.8 Å². The first-order valence-electron chi connectivity index (χ1n) is 10.6. The SMILES string of the molecule is O=C(O)C1CCN(C(=O)CCN2CCCCC2CCN2CCCC2)CC1. The number of amides is 1. The first-order chi connectivity index (χ1) is 12.6. The minimum atomic E-state index is -0.716. The first-order valence-corrected chi connectivity index (χ1v) is 10.6. The number of carboxylic acid groups (broad SMARTS) is 1. The lowest BCUT2D eigenvalue weighted by Crippen LogP contribution is -2.45. The van der Waals surface area contributed by atoms with E-state index in [0.29, 0.717) is 38.4 Å². The summed E-state index contributed by atoms with van der Waals surface area (Å²) in [7, 11) is 0. The lowest BCUT2D eigenvalue weighted by Gasteiger charge is -2.37. The van der Waals surface area contributed by atoms with Crippen molar-refractivity contribution in [2.24, 2.45) is 5.92 Å². The van der Waals surface area contributed by atoms with E-state index in [1.54, 1.807) is 0 Å². The Labute approximate surface area is 157 Å². The number of rotatable bonds is 7. The summed E-state index contributed by atoms with van der Waals surface area (Å²) in [5, 5.41) is 9.08. The summed E-state index contributed by atoms with van der Waals surface area (Å²) in [5.41, 5.74) is 0. The van der Waals surface area contributed by atoms with E-state index in [0.717, 1.165) is 13.1 Å². The van der Waals surface area contributed by atoms with Gasteiger partial charge in [0.2, 0.25) is 5.91 Å². The molecule has 3 fully saturated rings. The summed E-state index contributed by atoms with van der Waals surface area (Å²) < 4.78 is 0. The third kappa shape index (κ3) is 5.43. The smallest absolute Gasteiger partial charge is 0.306 e. The Kier molecular flexibility index (Phi) is 7.32. The largest absolute Gasteiger partial charge is 0.481 e. The highest BCUT2D eigenvalue weighted by atomic mass is 16.4. The highest BCUT2D eigenvalue weighted by molar-refractivity contribution is 5.77. The fourth-order valence-electron chi connectivity index (χ4n) is 4.79. The van der Waals surface area contributed by atoms with Gasteiger partial charge >= 0.3 is 5.97 Å². The molecule has 6 heteroatoms. The molecule has 0 aromatic rings. The zero-order valence-corrected chi connectivity index (χ0v) is 16.1. The van der Waals surface area contributed by atoms with Crippen LogP contribution < -0.4 is 0 Å². The van der Waals surface area contributed by atoms with E-state index in [4.69, 9.17) is 5.11 Å². The number of piperidine rings is 2. The van der Waals surface area contributed by atoms with E-state index in [2.05, 4.69) is 9.80 Å². The van der Waals surface area contributed by atoms with Crippen LogP contribution in [0.4, 0.5) is 0 Å². The van der Waals surface area contributed by atoms with E-state index >= 15 is 0 Å². The highest BCUT2D eigenvalue weighted by Gasteiger charge is 2.28. The number of carbonyl (C=O) groups is 2. The average molecular weight is 366 g/mol. The molecule has 3 saturated heterocycles. The summed E-state index contributed by atoms with van der Waals surface area (Å²) >= 11 is 0. The van der Waals surface area contributed by atoms with Crippen LogP contribution in [0, 0.1) is 5.92 Å². The van der Waals surface area contributed by atoms with Crippen molar-refractivity contribution < 1.29 is 14.7 Å². The molecule has 1 unspecified atom stereocenters. The zero-order valence-electron chi connectivity index (χ0n) is 16.1. The van der Waals surface area contributed by atoms with Crippen LogP contribution in [-0.2, 0) is 9.59 Å². The summed E-state index contributed by atoms with van der Waals surface area (Å²) in [4.78, 5) is 30.6. The Bertz CT molecular complexity index is 471. The van der Waals surface area contributed by atoms with E-state index in [1.807, 2.05) is 4.90 Å². The van der Waals surface area contributed by atoms with Crippen LogP contribution >= 0.6 is 0 Å². The second-order valence-corrected chi connectivity index (χ2v) is 8.27. The van der Waals surface area contributed by atoms with Gasteiger partial charge in [-0.15, -0.1) is 0 Å². The van der Waals surface area contributed by atoms with Gasteiger partial charge in [0.1, 0.15) is 0 Å². The van der Waals surface area contributed by atoms with Gasteiger partial charge in [-0.25, -0.2) is 0 Å². The van der Waals surface area contributed by atoms with Crippen LogP contribution in [-0.4, -0.2) is 83.5 Å². The molecule has 3 aliphatic rings. The fourth-order valence-corrected chi connectivity index (χ4v) is 4.79. The number of carboxylic acids is 1. The van der Waals surface area contributed by atoms with Crippen molar-refractivity contribution in [3.63, 3.8) is 0 Å². The maximum absolute atomic E-state index is 12.5. The van der Waals surface area contributed by atoms with Crippen LogP contribution in [0.15, 0.2) is 0 Å². The molecule has 1 N–H and O–H groups in total. The molecule has 3 heterocycles. The molecule has 0 saturated carbocycles. The molecular weight excluding hydrogens is 330 g/mol. The maximum Gasteiger partial charge on any atom is 0.306 e. The maximum atomic E-state index is 12.5. The van der Waals surface area contributed by atoms with Crippen LogP contribution in [0.5, 0.6) is 0 Å². The van der Waals surface area contributed by atoms with E-state index in [9.17, 15) is 9.59 Å². The van der Waals surface area contributed by atoms with Crippen molar-refractivity contribution in [1.29, 1.82) is 0 Å². The van der Waals surface area contributed by atoms with Crippen molar-refractivity contribution in [3.05, 3.63) is 0 Å². The number of aliphatic carboxylic acids is 1. The van der Waals surface area contributed by atoms with Crippen molar-refractivity contribution in [2.45, 2.75) is 63.8 Å². The van der Waals surface area contributed by atoms with Gasteiger partial charge in [-0.3, -0.25) is 14.5 Å². The lowest BCUT2D eigenvalue weighted by molar-refractivity contribution is -0.145. The van der Waals surface area contributed by atoms with E-state index in [1.165, 1.54) is 58.2 Å². The second-order valence-electron chi connectivity index (χ2n) is 8.27. The molecule has 0 bridgehead atoms. The quantitative estimate of drug-likeness (QED) is 0.748. The van der Waals surface area contributed by atoms with Gasteiger partial charge in [0.15, 0.2) is 0 Å². The summed E-state index contributed by atoms with van der Waals surface area (Å²) in [6.45, 7) is 6.93. The van der Waals surface area contributed by atoms with Gasteiger partial charge in [0.25, 0.3) is 0 Å². The van der Waals surface area contributed by atoms with Crippen LogP contribution in [0.1, 0.15) is 57.8 Å². The number of hydrogen-bond donors (Lipinski definition) is 1. The number of hydrogen-bond acceptors (Lipinski definition) is 4. The summed E-state index contributed by atoms with van der Waals surface area (Å²) in [6.07, 6.45) is 9.55. The van der Waals surface area contributed by atoms with Crippen LogP contribution in [0.25, 0.3) is 0 Å². The molecule has 0 spiro atoms. The van der Waals surface area contributed by atoms with Crippen molar-refractivity contribution in [1.82, 2.24) is 14.7 Å². The molecule has 1 atom stereocenters. The Balaban J connectivity index is 1.40. The third-order valence-corrected chi connectivity index (χ3v) is 6.54. The zero-order chi connectivity index (χ0) is 18.4. The average Bonchev–Trinajstić information content (AvgIpc) is 3.18. The summed E-state index contributed by atoms with van der Waals surface area (Å²) in [6, 6.07) is 0.634. The minimum Gasteiger partial charge on any atom is -0.481 e. The molecule has 0 aromatic carbocycles. The third-order valence-electron chi connectivity index (χ3n) is 6.54.